The van der Waals surface area contributed by atoms with Crippen LogP contribution in [0.4, 0.5) is 8.78 Å². The summed E-state index contributed by atoms with van der Waals surface area (Å²) in [6.07, 6.45) is 0.274. The van der Waals surface area contributed by atoms with Crippen LogP contribution in [0.3, 0.4) is 0 Å². The standard InChI is InChI=1S/C18H20F2O3S/c1-22-15-9-11-16(12-10-15)23-14-6-5-13-18(19,20)24(21)17-7-3-2-4-8-17/h2-4,7-12H,5-6,13-14H2,1H3. The summed E-state index contributed by atoms with van der Waals surface area (Å²) in [5.74, 6) is 1.39. The molecule has 0 aliphatic carbocycles. The van der Waals surface area contributed by atoms with Gasteiger partial charge in [0.05, 0.1) is 31.3 Å². The normalized spacial score (nSPS) is 12.7. The summed E-state index contributed by atoms with van der Waals surface area (Å²) in [5, 5.41) is -3.23. The Balaban J connectivity index is 1.72. The molecule has 0 aromatic heterocycles. The molecule has 0 bridgehead atoms. The summed E-state index contributed by atoms with van der Waals surface area (Å²) in [6.45, 7) is 0.334. The second-order valence-corrected chi connectivity index (χ2v) is 6.81. The Morgan fingerprint density at radius 3 is 2.21 bits per heavy atom. The van der Waals surface area contributed by atoms with Gasteiger partial charge in [0.1, 0.15) is 11.5 Å². The summed E-state index contributed by atoms with van der Waals surface area (Å²) in [5.41, 5.74) is 0. The molecule has 0 N–H and O–H groups in total. The van der Waals surface area contributed by atoms with Gasteiger partial charge in [-0.05, 0) is 49.2 Å². The van der Waals surface area contributed by atoms with Crippen molar-refractivity contribution in [3.05, 3.63) is 54.6 Å². The SMILES string of the molecule is COc1ccc(OCCCCC(F)(F)[S+]([O-])c2ccccc2)cc1. The summed E-state index contributed by atoms with van der Waals surface area (Å²) < 4.78 is 50.4. The molecule has 6 heteroatoms. The molecule has 0 aliphatic rings. The van der Waals surface area contributed by atoms with Gasteiger partial charge in [-0.1, -0.05) is 18.2 Å². The van der Waals surface area contributed by atoms with E-state index in [9.17, 15) is 13.3 Å². The van der Waals surface area contributed by atoms with Crippen LogP contribution in [0.25, 0.3) is 0 Å². The number of alkyl halides is 2. The Hall–Kier alpha value is -1.79. The molecule has 24 heavy (non-hydrogen) atoms. The maximum atomic E-state index is 14.0. The van der Waals surface area contributed by atoms with E-state index in [0.29, 0.717) is 18.8 Å². The highest BCUT2D eigenvalue weighted by atomic mass is 32.2. The fraction of sp³-hybridized carbons (Fsp3) is 0.333. The van der Waals surface area contributed by atoms with E-state index in [1.165, 1.54) is 12.1 Å². The van der Waals surface area contributed by atoms with Gasteiger partial charge in [0.2, 0.25) is 0 Å². The molecule has 0 fully saturated rings. The summed E-state index contributed by atoms with van der Waals surface area (Å²) in [6, 6.07) is 14.9. The fourth-order valence-electron chi connectivity index (χ4n) is 2.10. The number of ether oxygens (including phenoxy) is 2. The Morgan fingerprint density at radius 1 is 0.958 bits per heavy atom. The third-order valence-electron chi connectivity index (χ3n) is 3.42. The second kappa shape index (κ2) is 8.89. The Kier molecular flexibility index (Phi) is 6.87. The van der Waals surface area contributed by atoms with E-state index in [0.717, 1.165) is 5.75 Å². The van der Waals surface area contributed by atoms with E-state index in [2.05, 4.69) is 0 Å². The van der Waals surface area contributed by atoms with Gasteiger partial charge < -0.3 is 14.0 Å². The molecular formula is C18H20F2O3S. The molecular weight excluding hydrogens is 334 g/mol. The van der Waals surface area contributed by atoms with Crippen LogP contribution in [-0.2, 0) is 11.2 Å². The molecule has 0 heterocycles. The number of methoxy groups -OCH3 is 1. The lowest BCUT2D eigenvalue weighted by Crippen LogP contribution is -2.29. The number of benzene rings is 2. The summed E-state index contributed by atoms with van der Waals surface area (Å²) in [4.78, 5) is 0.150. The maximum Gasteiger partial charge on any atom is 0.411 e. The van der Waals surface area contributed by atoms with E-state index in [1.807, 2.05) is 0 Å². The Labute approximate surface area is 143 Å². The smallest absolute Gasteiger partial charge is 0.411 e. The molecule has 1 atom stereocenters. The molecule has 3 nitrogen and oxygen atoms in total. The predicted octanol–water partition coefficient (Wildman–Crippen LogP) is 4.64. The highest BCUT2D eigenvalue weighted by molar-refractivity contribution is 7.92. The van der Waals surface area contributed by atoms with Crippen molar-refractivity contribution in [2.75, 3.05) is 13.7 Å². The second-order valence-electron chi connectivity index (χ2n) is 5.20. The molecule has 130 valence electrons. The Bertz CT molecular complexity index is 605. The quantitative estimate of drug-likeness (QED) is 0.486. The molecule has 0 saturated carbocycles. The highest BCUT2D eigenvalue weighted by Gasteiger charge is 2.43. The first-order valence-electron chi connectivity index (χ1n) is 7.64. The molecule has 2 aromatic carbocycles. The molecule has 0 amide bonds. The lowest BCUT2D eigenvalue weighted by Gasteiger charge is -2.20. The number of hydrogen-bond donors (Lipinski definition) is 0. The summed E-state index contributed by atoms with van der Waals surface area (Å²) >= 11 is -2.33. The predicted molar refractivity (Wildman–Crippen MR) is 90.1 cm³/mol. The number of hydrogen-bond acceptors (Lipinski definition) is 3. The molecule has 2 aromatic rings. The van der Waals surface area contributed by atoms with Gasteiger partial charge in [-0.15, -0.1) is 0 Å². The molecule has 0 spiro atoms. The van der Waals surface area contributed by atoms with E-state index >= 15 is 0 Å². The molecule has 1 unspecified atom stereocenters. The number of rotatable bonds is 9. The number of unbranched alkanes of at least 4 members (excludes halogenated alkanes) is 1. The van der Waals surface area contributed by atoms with Gasteiger partial charge in [0.15, 0.2) is 4.90 Å². The van der Waals surface area contributed by atoms with E-state index in [1.54, 1.807) is 49.6 Å². The average molecular weight is 354 g/mol. The van der Waals surface area contributed by atoms with Crippen LogP contribution >= 0.6 is 0 Å². The third kappa shape index (κ3) is 5.39. The zero-order valence-electron chi connectivity index (χ0n) is 13.4. The highest BCUT2D eigenvalue weighted by Crippen LogP contribution is 2.33. The molecule has 2 rings (SSSR count). The first-order chi connectivity index (χ1) is 11.5. The summed E-state index contributed by atoms with van der Waals surface area (Å²) in [7, 11) is 1.58. The van der Waals surface area contributed by atoms with Gasteiger partial charge in [0.25, 0.3) is 0 Å². The minimum Gasteiger partial charge on any atom is -0.607 e. The van der Waals surface area contributed by atoms with Gasteiger partial charge in [0, 0.05) is 0 Å². The van der Waals surface area contributed by atoms with Crippen LogP contribution in [0.2, 0.25) is 0 Å². The van der Waals surface area contributed by atoms with Crippen molar-refractivity contribution in [2.45, 2.75) is 29.4 Å². The van der Waals surface area contributed by atoms with Crippen molar-refractivity contribution in [3.8, 4) is 11.5 Å². The van der Waals surface area contributed by atoms with Gasteiger partial charge >= 0.3 is 5.25 Å². The topological polar surface area (TPSA) is 41.5 Å². The van der Waals surface area contributed by atoms with Crippen LogP contribution in [0.5, 0.6) is 11.5 Å². The van der Waals surface area contributed by atoms with Crippen molar-refractivity contribution >= 4 is 11.2 Å². The van der Waals surface area contributed by atoms with Gasteiger partial charge in [-0.25, -0.2) is 0 Å². The largest absolute Gasteiger partial charge is 0.607 e. The van der Waals surface area contributed by atoms with Crippen LogP contribution < -0.4 is 9.47 Å². The van der Waals surface area contributed by atoms with Crippen molar-refractivity contribution in [1.29, 1.82) is 0 Å². The zero-order chi connectivity index (χ0) is 17.4. The van der Waals surface area contributed by atoms with Crippen LogP contribution in [-0.4, -0.2) is 23.5 Å². The lowest BCUT2D eigenvalue weighted by atomic mass is 10.2. The molecule has 0 saturated heterocycles. The minimum atomic E-state index is -3.23. The van der Waals surface area contributed by atoms with Crippen LogP contribution in [0, 0.1) is 0 Å². The molecule has 0 radical (unpaired) electrons. The van der Waals surface area contributed by atoms with Crippen LogP contribution in [0.15, 0.2) is 59.5 Å². The number of halogens is 2. The van der Waals surface area contributed by atoms with Gasteiger partial charge in [-0.2, -0.15) is 8.78 Å². The zero-order valence-corrected chi connectivity index (χ0v) is 14.2. The Morgan fingerprint density at radius 2 is 1.58 bits per heavy atom. The molecule has 0 aliphatic heterocycles. The van der Waals surface area contributed by atoms with E-state index in [-0.39, 0.29) is 11.3 Å². The van der Waals surface area contributed by atoms with Crippen molar-refractivity contribution in [2.24, 2.45) is 0 Å². The van der Waals surface area contributed by atoms with Crippen LogP contribution in [0.1, 0.15) is 19.3 Å². The lowest BCUT2D eigenvalue weighted by molar-refractivity contribution is 0.0777. The average Bonchev–Trinajstić information content (AvgIpc) is 2.62. The minimum absolute atomic E-state index is 0.150. The van der Waals surface area contributed by atoms with Crippen molar-refractivity contribution in [1.82, 2.24) is 0 Å². The first kappa shape index (κ1) is 18.5. The van der Waals surface area contributed by atoms with Gasteiger partial charge in [-0.3, -0.25) is 0 Å². The van der Waals surface area contributed by atoms with Crippen molar-refractivity contribution in [3.63, 3.8) is 0 Å². The monoisotopic (exact) mass is 354 g/mol. The first-order valence-corrected chi connectivity index (χ1v) is 8.79. The maximum absolute atomic E-state index is 14.0. The van der Waals surface area contributed by atoms with Crippen molar-refractivity contribution < 1.29 is 22.8 Å². The van der Waals surface area contributed by atoms with E-state index in [4.69, 9.17) is 9.47 Å². The third-order valence-corrected chi connectivity index (χ3v) is 4.87. The van der Waals surface area contributed by atoms with E-state index < -0.39 is 22.9 Å². The fourth-order valence-corrected chi connectivity index (χ4v) is 3.18.